The molecular weight excluding hydrogens is 267 g/mol. The molecular formula is C18H19FO2. The monoisotopic (exact) mass is 286 g/mol. The lowest BCUT2D eigenvalue weighted by atomic mass is 9.96. The van der Waals surface area contributed by atoms with E-state index in [1.54, 1.807) is 19.1 Å². The van der Waals surface area contributed by atoms with Crippen LogP contribution in [0.5, 0.6) is 5.75 Å². The van der Waals surface area contributed by atoms with Gasteiger partial charge >= 0.3 is 0 Å². The summed E-state index contributed by atoms with van der Waals surface area (Å²) in [4.78, 5) is 0. The highest BCUT2D eigenvalue weighted by atomic mass is 19.1. The molecule has 0 saturated heterocycles. The van der Waals surface area contributed by atoms with Gasteiger partial charge in [0, 0.05) is 12.0 Å². The van der Waals surface area contributed by atoms with Crippen LogP contribution in [-0.2, 0) is 6.42 Å². The van der Waals surface area contributed by atoms with E-state index in [0.717, 1.165) is 17.7 Å². The smallest absolute Gasteiger partial charge is 0.129 e. The highest BCUT2D eigenvalue weighted by Crippen LogP contribution is 2.41. The minimum atomic E-state index is -0.885. The zero-order valence-electron chi connectivity index (χ0n) is 12.5. The van der Waals surface area contributed by atoms with Gasteiger partial charge in [0.05, 0.1) is 0 Å². The van der Waals surface area contributed by atoms with Crippen molar-refractivity contribution in [2.75, 3.05) is 0 Å². The molecule has 1 atom stereocenters. The largest absolute Gasteiger partial charge is 0.487 e. The molecule has 1 unspecified atom stereocenters. The summed E-state index contributed by atoms with van der Waals surface area (Å²) in [6, 6.07) is 10.6. The fourth-order valence-corrected chi connectivity index (χ4v) is 2.81. The summed E-state index contributed by atoms with van der Waals surface area (Å²) in [5.74, 6) is 0.427. The van der Waals surface area contributed by atoms with Gasteiger partial charge in [-0.25, -0.2) is 4.39 Å². The van der Waals surface area contributed by atoms with Gasteiger partial charge in [-0.3, -0.25) is 0 Å². The number of fused-ring (bicyclic) bond motifs is 1. The Morgan fingerprint density at radius 3 is 2.71 bits per heavy atom. The first-order valence-electron chi connectivity index (χ1n) is 7.12. The van der Waals surface area contributed by atoms with Crippen molar-refractivity contribution in [2.24, 2.45) is 0 Å². The van der Waals surface area contributed by atoms with Crippen LogP contribution >= 0.6 is 0 Å². The first-order valence-corrected chi connectivity index (χ1v) is 7.12. The average Bonchev–Trinajstić information content (AvgIpc) is 2.74. The number of ether oxygens (including phenoxy) is 1. The molecule has 1 aliphatic heterocycles. The van der Waals surface area contributed by atoms with Crippen LogP contribution in [0.4, 0.5) is 4.39 Å². The summed E-state index contributed by atoms with van der Waals surface area (Å²) in [5.41, 5.74) is 2.63. The van der Waals surface area contributed by atoms with Crippen LogP contribution in [0.25, 0.3) is 0 Å². The summed E-state index contributed by atoms with van der Waals surface area (Å²) in [5, 5.41) is 10.6. The summed E-state index contributed by atoms with van der Waals surface area (Å²) < 4.78 is 19.7. The Hall–Kier alpha value is -1.87. The van der Waals surface area contributed by atoms with Crippen LogP contribution in [0, 0.1) is 12.7 Å². The number of aliphatic hydroxyl groups is 1. The molecule has 110 valence electrons. The summed E-state index contributed by atoms with van der Waals surface area (Å²) in [7, 11) is 0. The van der Waals surface area contributed by atoms with E-state index < -0.39 is 6.10 Å². The van der Waals surface area contributed by atoms with Crippen molar-refractivity contribution in [3.05, 3.63) is 64.5 Å². The Kier molecular flexibility index (Phi) is 3.25. The van der Waals surface area contributed by atoms with Gasteiger partial charge in [-0.1, -0.05) is 30.3 Å². The van der Waals surface area contributed by atoms with Crippen LogP contribution in [-0.4, -0.2) is 10.7 Å². The van der Waals surface area contributed by atoms with E-state index in [9.17, 15) is 9.50 Å². The van der Waals surface area contributed by atoms with E-state index in [4.69, 9.17) is 4.74 Å². The molecule has 2 aromatic rings. The van der Waals surface area contributed by atoms with Gasteiger partial charge in [-0.2, -0.15) is 0 Å². The highest BCUT2D eigenvalue weighted by Gasteiger charge is 2.33. The maximum absolute atomic E-state index is 13.7. The lowest BCUT2D eigenvalue weighted by Crippen LogP contribution is -2.25. The Bertz CT molecular complexity index is 692. The lowest BCUT2D eigenvalue weighted by molar-refractivity contribution is 0.131. The van der Waals surface area contributed by atoms with Crippen LogP contribution < -0.4 is 4.74 Å². The van der Waals surface area contributed by atoms with E-state index in [-0.39, 0.29) is 11.4 Å². The molecule has 0 amide bonds. The Balaban J connectivity index is 2.02. The van der Waals surface area contributed by atoms with E-state index in [1.807, 2.05) is 32.0 Å². The molecule has 2 nitrogen and oxygen atoms in total. The molecule has 0 bridgehead atoms. The number of hydrogen-bond acceptors (Lipinski definition) is 2. The second-order valence-electron chi connectivity index (χ2n) is 6.29. The Labute approximate surface area is 124 Å². The standard InChI is InChI=1S/C18H19FO2/c1-11-7-8-12(9-15(11)19)16(20)14-6-4-5-13-10-18(2,3)21-17(13)14/h4-9,16,20H,10H2,1-3H3. The molecule has 0 fully saturated rings. The van der Waals surface area contributed by atoms with Crippen LogP contribution in [0.1, 0.15) is 42.2 Å². The minimum Gasteiger partial charge on any atom is -0.487 e. The van der Waals surface area contributed by atoms with Gasteiger partial charge in [0.15, 0.2) is 0 Å². The number of rotatable bonds is 2. The number of hydrogen-bond donors (Lipinski definition) is 1. The van der Waals surface area contributed by atoms with Crippen molar-refractivity contribution in [2.45, 2.75) is 38.9 Å². The topological polar surface area (TPSA) is 29.5 Å². The highest BCUT2D eigenvalue weighted by molar-refractivity contribution is 5.49. The van der Waals surface area contributed by atoms with E-state index in [1.165, 1.54) is 6.07 Å². The molecule has 21 heavy (non-hydrogen) atoms. The fraction of sp³-hybridized carbons (Fsp3) is 0.333. The van der Waals surface area contributed by atoms with Crippen molar-refractivity contribution in [1.29, 1.82) is 0 Å². The van der Waals surface area contributed by atoms with Crippen molar-refractivity contribution in [3.63, 3.8) is 0 Å². The number of halogens is 1. The van der Waals surface area contributed by atoms with Crippen molar-refractivity contribution >= 4 is 0 Å². The molecule has 0 spiro atoms. The maximum atomic E-state index is 13.7. The Morgan fingerprint density at radius 1 is 1.24 bits per heavy atom. The van der Waals surface area contributed by atoms with Gasteiger partial charge in [0.2, 0.25) is 0 Å². The third-order valence-electron chi connectivity index (χ3n) is 3.93. The normalized spacial score (nSPS) is 17.2. The zero-order valence-corrected chi connectivity index (χ0v) is 12.5. The SMILES string of the molecule is Cc1ccc(C(O)c2cccc3c2OC(C)(C)C3)cc1F. The second kappa shape index (κ2) is 4.85. The van der Waals surface area contributed by atoms with Crippen LogP contribution in [0.3, 0.4) is 0 Å². The number of para-hydroxylation sites is 1. The molecule has 3 rings (SSSR count). The molecule has 3 heteroatoms. The first-order chi connectivity index (χ1) is 9.87. The quantitative estimate of drug-likeness (QED) is 0.906. The molecule has 0 aliphatic carbocycles. The van der Waals surface area contributed by atoms with Crippen molar-refractivity contribution in [1.82, 2.24) is 0 Å². The molecule has 1 N–H and O–H groups in total. The van der Waals surface area contributed by atoms with Crippen molar-refractivity contribution < 1.29 is 14.2 Å². The predicted molar refractivity (Wildman–Crippen MR) is 80.1 cm³/mol. The molecule has 0 saturated carbocycles. The summed E-state index contributed by atoms with van der Waals surface area (Å²) >= 11 is 0. The van der Waals surface area contributed by atoms with E-state index in [2.05, 4.69) is 0 Å². The van der Waals surface area contributed by atoms with Crippen LogP contribution in [0.15, 0.2) is 36.4 Å². The third-order valence-corrected chi connectivity index (χ3v) is 3.93. The second-order valence-corrected chi connectivity index (χ2v) is 6.29. The summed E-state index contributed by atoms with van der Waals surface area (Å²) in [6.07, 6.45) is -0.0746. The van der Waals surface area contributed by atoms with Crippen LogP contribution in [0.2, 0.25) is 0 Å². The average molecular weight is 286 g/mol. The van der Waals surface area contributed by atoms with Gasteiger partial charge in [-0.05, 0) is 43.5 Å². The number of benzene rings is 2. The van der Waals surface area contributed by atoms with E-state index >= 15 is 0 Å². The van der Waals surface area contributed by atoms with Gasteiger partial charge in [0.25, 0.3) is 0 Å². The third kappa shape index (κ3) is 2.54. The van der Waals surface area contributed by atoms with Gasteiger partial charge < -0.3 is 9.84 Å². The summed E-state index contributed by atoms with van der Waals surface area (Å²) in [6.45, 7) is 5.75. The fourth-order valence-electron chi connectivity index (χ4n) is 2.81. The molecule has 1 heterocycles. The first kappa shape index (κ1) is 14.1. The predicted octanol–water partition coefficient (Wildman–Crippen LogP) is 3.93. The molecule has 2 aromatic carbocycles. The van der Waals surface area contributed by atoms with Gasteiger partial charge in [-0.15, -0.1) is 0 Å². The lowest BCUT2D eigenvalue weighted by Gasteiger charge is -2.20. The number of aliphatic hydroxyl groups excluding tert-OH is 1. The molecule has 0 radical (unpaired) electrons. The molecule has 0 aromatic heterocycles. The molecule has 1 aliphatic rings. The number of aryl methyl sites for hydroxylation is 1. The maximum Gasteiger partial charge on any atom is 0.129 e. The van der Waals surface area contributed by atoms with Crippen molar-refractivity contribution in [3.8, 4) is 5.75 Å². The van der Waals surface area contributed by atoms with Gasteiger partial charge in [0.1, 0.15) is 23.3 Å². The minimum absolute atomic E-state index is 0.267. The zero-order chi connectivity index (χ0) is 15.2. The van der Waals surface area contributed by atoms with E-state index in [0.29, 0.717) is 16.7 Å². The Morgan fingerprint density at radius 2 is 2.00 bits per heavy atom.